The molecule has 1 N–H and O–H groups in total. The molecule has 1 aromatic carbocycles. The van der Waals surface area contributed by atoms with Crippen LogP contribution in [0.5, 0.6) is 0 Å². The number of carboxylic acids is 1. The first-order valence-corrected chi connectivity index (χ1v) is 6.88. The zero-order chi connectivity index (χ0) is 14.3. The summed E-state index contributed by atoms with van der Waals surface area (Å²) in [5, 5.41) is 12.6. The van der Waals surface area contributed by atoms with Gasteiger partial charge in [0.1, 0.15) is 5.69 Å². The van der Waals surface area contributed by atoms with E-state index < -0.39 is 5.97 Å². The second-order valence-electron chi connectivity index (χ2n) is 4.42. The molecule has 4 nitrogen and oxygen atoms in total. The Morgan fingerprint density at radius 1 is 1.15 bits per heavy atom. The number of aromatic nitrogens is 1. The predicted octanol–water partition coefficient (Wildman–Crippen LogP) is 2.97. The lowest BCUT2D eigenvalue weighted by molar-refractivity contribution is 0.0686. The van der Waals surface area contributed by atoms with Gasteiger partial charge in [-0.05, 0) is 22.9 Å². The van der Waals surface area contributed by atoms with Crippen LogP contribution in [0.25, 0.3) is 21.2 Å². The van der Waals surface area contributed by atoms with Crippen LogP contribution >= 0.6 is 11.3 Å². The van der Waals surface area contributed by atoms with Crippen LogP contribution in [0.1, 0.15) is 10.5 Å². The fourth-order valence-corrected chi connectivity index (χ4v) is 3.17. The van der Waals surface area contributed by atoms with Crippen LogP contribution in [-0.2, 0) is 7.05 Å². The van der Waals surface area contributed by atoms with Crippen molar-refractivity contribution in [3.63, 3.8) is 0 Å². The van der Waals surface area contributed by atoms with Gasteiger partial charge in [0.25, 0.3) is 5.56 Å². The van der Waals surface area contributed by atoms with Gasteiger partial charge in [-0.3, -0.25) is 4.79 Å². The summed E-state index contributed by atoms with van der Waals surface area (Å²) in [6, 6.07) is 10.8. The SMILES string of the molecule is Cn1c(C(=O)O)c(-c2cccs2)c2ccccc2c1=O. The molecule has 20 heavy (non-hydrogen) atoms. The summed E-state index contributed by atoms with van der Waals surface area (Å²) in [4.78, 5) is 24.7. The minimum absolute atomic E-state index is 0.0242. The monoisotopic (exact) mass is 285 g/mol. The van der Waals surface area contributed by atoms with Gasteiger partial charge in [-0.2, -0.15) is 0 Å². The maximum absolute atomic E-state index is 12.3. The molecule has 0 amide bonds. The van der Waals surface area contributed by atoms with Gasteiger partial charge in [0.2, 0.25) is 0 Å². The van der Waals surface area contributed by atoms with E-state index in [2.05, 4.69) is 0 Å². The number of nitrogens with zero attached hydrogens (tertiary/aromatic N) is 1. The molecule has 0 aliphatic carbocycles. The highest BCUT2D eigenvalue weighted by Crippen LogP contribution is 2.33. The molecule has 0 unspecified atom stereocenters. The number of benzene rings is 1. The molecule has 5 heteroatoms. The fourth-order valence-electron chi connectivity index (χ4n) is 2.39. The van der Waals surface area contributed by atoms with Crippen molar-refractivity contribution in [3.8, 4) is 10.4 Å². The first-order chi connectivity index (χ1) is 9.61. The van der Waals surface area contributed by atoms with Gasteiger partial charge >= 0.3 is 5.97 Å². The molecule has 0 spiro atoms. The Morgan fingerprint density at radius 2 is 1.85 bits per heavy atom. The predicted molar refractivity (Wildman–Crippen MR) is 79.5 cm³/mol. The number of carboxylic acid groups (broad SMARTS) is 1. The van der Waals surface area contributed by atoms with Crippen LogP contribution in [-0.4, -0.2) is 15.6 Å². The quantitative estimate of drug-likeness (QED) is 0.787. The van der Waals surface area contributed by atoms with Crippen molar-refractivity contribution in [3.05, 3.63) is 57.8 Å². The molecular weight excluding hydrogens is 274 g/mol. The minimum atomic E-state index is -1.10. The molecule has 0 saturated carbocycles. The molecule has 0 aliphatic rings. The number of aromatic carboxylic acids is 1. The van der Waals surface area contributed by atoms with Gasteiger partial charge < -0.3 is 9.67 Å². The molecule has 3 rings (SSSR count). The lowest BCUT2D eigenvalue weighted by atomic mass is 10.0. The number of thiophene rings is 1. The Bertz CT molecular complexity index is 863. The maximum Gasteiger partial charge on any atom is 0.353 e. The molecule has 2 aromatic heterocycles. The molecule has 0 fully saturated rings. The second-order valence-corrected chi connectivity index (χ2v) is 5.36. The Hall–Kier alpha value is -2.40. The number of carbonyl (C=O) groups is 1. The molecule has 2 heterocycles. The zero-order valence-electron chi connectivity index (χ0n) is 10.7. The summed E-state index contributed by atoms with van der Waals surface area (Å²) < 4.78 is 1.21. The Balaban J connectivity index is 2.59. The third kappa shape index (κ3) is 1.75. The van der Waals surface area contributed by atoms with Gasteiger partial charge in [0.05, 0.1) is 0 Å². The van der Waals surface area contributed by atoms with Crippen LogP contribution in [0, 0.1) is 0 Å². The van der Waals surface area contributed by atoms with Crippen molar-refractivity contribution in [2.24, 2.45) is 7.05 Å². The summed E-state index contributed by atoms with van der Waals surface area (Å²) in [5.74, 6) is -1.10. The van der Waals surface area contributed by atoms with E-state index in [1.165, 1.54) is 23.0 Å². The first kappa shape index (κ1) is 12.6. The van der Waals surface area contributed by atoms with Crippen LogP contribution in [0.4, 0.5) is 0 Å². The van der Waals surface area contributed by atoms with E-state index in [-0.39, 0.29) is 11.3 Å². The topological polar surface area (TPSA) is 59.3 Å². The van der Waals surface area contributed by atoms with Crippen molar-refractivity contribution in [1.29, 1.82) is 0 Å². The van der Waals surface area contributed by atoms with Crippen molar-refractivity contribution in [1.82, 2.24) is 4.57 Å². The van der Waals surface area contributed by atoms with Gasteiger partial charge in [0.15, 0.2) is 0 Å². The lowest BCUT2D eigenvalue weighted by Gasteiger charge is -2.13. The van der Waals surface area contributed by atoms with E-state index in [0.29, 0.717) is 16.3 Å². The molecule has 0 aliphatic heterocycles. The third-order valence-electron chi connectivity index (χ3n) is 3.27. The highest BCUT2D eigenvalue weighted by Gasteiger charge is 2.21. The van der Waals surface area contributed by atoms with Crippen LogP contribution in [0.3, 0.4) is 0 Å². The van der Waals surface area contributed by atoms with E-state index in [1.807, 2.05) is 23.6 Å². The molecule has 3 aromatic rings. The fraction of sp³-hybridized carbons (Fsp3) is 0.0667. The summed E-state index contributed by atoms with van der Waals surface area (Å²) in [7, 11) is 1.50. The second kappa shape index (κ2) is 4.61. The Morgan fingerprint density at radius 3 is 2.45 bits per heavy atom. The minimum Gasteiger partial charge on any atom is -0.477 e. The smallest absolute Gasteiger partial charge is 0.353 e. The highest BCUT2D eigenvalue weighted by atomic mass is 32.1. The summed E-state index contributed by atoms with van der Waals surface area (Å²) in [6.45, 7) is 0. The molecule has 0 radical (unpaired) electrons. The van der Waals surface area contributed by atoms with Crippen molar-refractivity contribution >= 4 is 28.1 Å². The van der Waals surface area contributed by atoms with Crippen LogP contribution in [0.2, 0.25) is 0 Å². The van der Waals surface area contributed by atoms with Crippen molar-refractivity contribution in [2.75, 3.05) is 0 Å². The standard InChI is InChI=1S/C15H11NO3S/c1-16-13(15(18)19)12(11-7-4-8-20-11)9-5-2-3-6-10(9)14(16)17/h2-8H,1H3,(H,18,19). The zero-order valence-corrected chi connectivity index (χ0v) is 11.5. The molecular formula is C15H11NO3S. The average molecular weight is 285 g/mol. The van der Waals surface area contributed by atoms with Crippen molar-refractivity contribution in [2.45, 2.75) is 0 Å². The Kier molecular flexibility index (Phi) is 2.91. The maximum atomic E-state index is 12.3. The van der Waals surface area contributed by atoms with Gasteiger partial charge in [0, 0.05) is 22.9 Å². The van der Waals surface area contributed by atoms with E-state index in [0.717, 1.165) is 4.88 Å². The van der Waals surface area contributed by atoms with E-state index >= 15 is 0 Å². The third-order valence-corrected chi connectivity index (χ3v) is 4.16. The summed E-state index contributed by atoms with van der Waals surface area (Å²) in [6.07, 6.45) is 0. The van der Waals surface area contributed by atoms with Gasteiger partial charge in [-0.15, -0.1) is 11.3 Å². The Labute approximate surface area is 118 Å². The van der Waals surface area contributed by atoms with E-state index in [1.54, 1.807) is 18.2 Å². The molecule has 100 valence electrons. The van der Waals surface area contributed by atoms with E-state index in [4.69, 9.17) is 0 Å². The number of hydrogen-bond acceptors (Lipinski definition) is 3. The van der Waals surface area contributed by atoms with E-state index in [9.17, 15) is 14.7 Å². The lowest BCUT2D eigenvalue weighted by Crippen LogP contribution is -2.24. The van der Waals surface area contributed by atoms with Crippen LogP contribution in [0.15, 0.2) is 46.6 Å². The molecule has 0 atom stereocenters. The van der Waals surface area contributed by atoms with Gasteiger partial charge in [-0.1, -0.05) is 24.3 Å². The normalized spacial score (nSPS) is 10.8. The number of rotatable bonds is 2. The molecule has 0 saturated heterocycles. The largest absolute Gasteiger partial charge is 0.477 e. The molecule has 0 bridgehead atoms. The average Bonchev–Trinajstić information content (AvgIpc) is 2.96. The number of hydrogen-bond donors (Lipinski definition) is 1. The highest BCUT2D eigenvalue weighted by molar-refractivity contribution is 7.13. The first-order valence-electron chi connectivity index (χ1n) is 6.00. The van der Waals surface area contributed by atoms with Gasteiger partial charge in [-0.25, -0.2) is 4.79 Å². The van der Waals surface area contributed by atoms with Crippen molar-refractivity contribution < 1.29 is 9.90 Å². The number of fused-ring (bicyclic) bond motifs is 1. The number of pyridine rings is 1. The van der Waals surface area contributed by atoms with Crippen LogP contribution < -0.4 is 5.56 Å². The summed E-state index contributed by atoms with van der Waals surface area (Å²) >= 11 is 1.46. The summed E-state index contributed by atoms with van der Waals surface area (Å²) in [5.41, 5.74) is 0.333.